The molecule has 2 rings (SSSR count). The van der Waals surface area contributed by atoms with Crippen molar-refractivity contribution in [3.05, 3.63) is 53.1 Å². The molecule has 0 aliphatic carbocycles. The van der Waals surface area contributed by atoms with Crippen molar-refractivity contribution in [2.45, 2.75) is 40.7 Å². The molecule has 0 heterocycles. The standard InChI is InChI=1S/C20H26N2O2/c1-6-24-18-10-8-7-9-17(18)21-16(5)20(23)22-19-14(3)11-13(2)12-15(19)4/h7-12,16,21H,6H2,1-5H3,(H,22,23)/t16-/m1/s1. The summed E-state index contributed by atoms with van der Waals surface area (Å²) in [6, 6.07) is 11.4. The fourth-order valence-electron chi connectivity index (χ4n) is 2.77. The van der Waals surface area contributed by atoms with Crippen molar-refractivity contribution in [2.24, 2.45) is 0 Å². The summed E-state index contributed by atoms with van der Waals surface area (Å²) in [7, 11) is 0. The van der Waals surface area contributed by atoms with Crippen LogP contribution in [0.15, 0.2) is 36.4 Å². The van der Waals surface area contributed by atoms with Crippen LogP contribution in [0.4, 0.5) is 11.4 Å². The van der Waals surface area contributed by atoms with Gasteiger partial charge >= 0.3 is 0 Å². The fourth-order valence-corrected chi connectivity index (χ4v) is 2.77. The van der Waals surface area contributed by atoms with Gasteiger partial charge < -0.3 is 15.4 Å². The number of nitrogens with one attached hydrogen (secondary N) is 2. The van der Waals surface area contributed by atoms with E-state index in [1.54, 1.807) is 0 Å². The first-order valence-electron chi connectivity index (χ1n) is 8.29. The van der Waals surface area contributed by atoms with E-state index in [1.165, 1.54) is 5.56 Å². The fraction of sp³-hybridized carbons (Fsp3) is 0.350. The third-order valence-corrected chi connectivity index (χ3v) is 3.88. The second-order valence-electron chi connectivity index (χ2n) is 6.06. The number of benzene rings is 2. The number of ether oxygens (including phenoxy) is 1. The van der Waals surface area contributed by atoms with Gasteiger partial charge in [0.05, 0.1) is 12.3 Å². The molecule has 2 aromatic carbocycles. The van der Waals surface area contributed by atoms with Gasteiger partial charge in [-0.2, -0.15) is 0 Å². The van der Waals surface area contributed by atoms with Gasteiger partial charge in [-0.25, -0.2) is 0 Å². The lowest BCUT2D eigenvalue weighted by Crippen LogP contribution is -2.32. The van der Waals surface area contributed by atoms with Crippen LogP contribution in [-0.2, 0) is 4.79 Å². The zero-order valence-corrected chi connectivity index (χ0v) is 15.1. The molecule has 0 aliphatic heterocycles. The SMILES string of the molecule is CCOc1ccccc1N[C@H](C)C(=O)Nc1c(C)cc(C)cc1C. The van der Waals surface area contributed by atoms with E-state index >= 15 is 0 Å². The lowest BCUT2D eigenvalue weighted by atomic mass is 10.0. The Morgan fingerprint density at radius 2 is 1.75 bits per heavy atom. The van der Waals surface area contributed by atoms with Crippen LogP contribution >= 0.6 is 0 Å². The van der Waals surface area contributed by atoms with Crippen LogP contribution in [0, 0.1) is 20.8 Å². The van der Waals surface area contributed by atoms with Crippen molar-refractivity contribution in [2.75, 3.05) is 17.2 Å². The number of aryl methyl sites for hydroxylation is 3. The summed E-state index contributed by atoms with van der Waals surface area (Å²) in [5.74, 6) is 0.679. The molecule has 0 bridgehead atoms. The quantitative estimate of drug-likeness (QED) is 0.824. The van der Waals surface area contributed by atoms with Gasteiger partial charge in [-0.1, -0.05) is 29.8 Å². The lowest BCUT2D eigenvalue weighted by Gasteiger charge is -2.19. The molecule has 1 atom stereocenters. The van der Waals surface area contributed by atoms with Gasteiger partial charge in [0.15, 0.2) is 0 Å². The molecule has 24 heavy (non-hydrogen) atoms. The average Bonchev–Trinajstić information content (AvgIpc) is 2.52. The van der Waals surface area contributed by atoms with Crippen LogP contribution in [0.3, 0.4) is 0 Å². The monoisotopic (exact) mass is 326 g/mol. The molecule has 128 valence electrons. The molecule has 4 heteroatoms. The third kappa shape index (κ3) is 4.28. The Morgan fingerprint density at radius 1 is 1.12 bits per heavy atom. The Hall–Kier alpha value is -2.49. The molecule has 4 nitrogen and oxygen atoms in total. The summed E-state index contributed by atoms with van der Waals surface area (Å²) >= 11 is 0. The number of anilines is 2. The average molecular weight is 326 g/mol. The van der Waals surface area contributed by atoms with E-state index in [-0.39, 0.29) is 11.9 Å². The normalized spacial score (nSPS) is 11.7. The number of carbonyl (C=O) groups is 1. The van der Waals surface area contributed by atoms with Gasteiger partial charge in [0, 0.05) is 5.69 Å². The molecule has 0 aromatic heterocycles. The van der Waals surface area contributed by atoms with Crippen molar-refractivity contribution in [1.82, 2.24) is 0 Å². The van der Waals surface area contributed by atoms with Gasteiger partial charge in [0.2, 0.25) is 5.91 Å². The van der Waals surface area contributed by atoms with Crippen LogP contribution in [0.1, 0.15) is 30.5 Å². The largest absolute Gasteiger partial charge is 0.492 e. The smallest absolute Gasteiger partial charge is 0.246 e. The number of rotatable bonds is 6. The highest BCUT2D eigenvalue weighted by Gasteiger charge is 2.16. The molecule has 0 fully saturated rings. The predicted octanol–water partition coefficient (Wildman–Crippen LogP) is 4.45. The molecular formula is C20H26N2O2. The summed E-state index contributed by atoms with van der Waals surface area (Å²) in [6.07, 6.45) is 0. The van der Waals surface area contributed by atoms with Gasteiger partial charge in [-0.05, 0) is 57.9 Å². The topological polar surface area (TPSA) is 50.4 Å². The Kier molecular flexibility index (Phi) is 5.85. The van der Waals surface area contributed by atoms with E-state index in [9.17, 15) is 4.79 Å². The van der Waals surface area contributed by atoms with Crippen LogP contribution in [0.25, 0.3) is 0 Å². The highest BCUT2D eigenvalue weighted by atomic mass is 16.5. The van der Waals surface area contributed by atoms with Gasteiger partial charge in [0.25, 0.3) is 0 Å². The summed E-state index contributed by atoms with van der Waals surface area (Å²) in [5.41, 5.74) is 5.04. The number of carbonyl (C=O) groups excluding carboxylic acids is 1. The van der Waals surface area contributed by atoms with Crippen LogP contribution < -0.4 is 15.4 Å². The summed E-state index contributed by atoms with van der Waals surface area (Å²) in [5, 5.41) is 6.26. The van der Waals surface area contributed by atoms with E-state index < -0.39 is 0 Å². The number of para-hydroxylation sites is 2. The van der Waals surface area contributed by atoms with Gasteiger partial charge in [-0.3, -0.25) is 4.79 Å². The number of hydrogen-bond acceptors (Lipinski definition) is 3. The Balaban J connectivity index is 2.11. The molecule has 0 saturated carbocycles. The van der Waals surface area contributed by atoms with Crippen molar-refractivity contribution < 1.29 is 9.53 Å². The Morgan fingerprint density at radius 3 is 2.38 bits per heavy atom. The first-order chi connectivity index (χ1) is 11.4. The Labute approximate surface area is 144 Å². The zero-order chi connectivity index (χ0) is 17.7. The van der Waals surface area contributed by atoms with E-state index in [1.807, 2.05) is 52.0 Å². The highest BCUT2D eigenvalue weighted by Crippen LogP contribution is 2.25. The predicted molar refractivity (Wildman–Crippen MR) is 100.0 cm³/mol. The maximum atomic E-state index is 12.6. The number of hydrogen-bond donors (Lipinski definition) is 2. The summed E-state index contributed by atoms with van der Waals surface area (Å²) < 4.78 is 5.59. The molecular weight excluding hydrogens is 300 g/mol. The molecule has 1 amide bonds. The minimum atomic E-state index is -0.383. The Bertz CT molecular complexity index is 702. The summed E-state index contributed by atoms with van der Waals surface area (Å²) in [6.45, 7) is 10.4. The molecule has 0 unspecified atom stereocenters. The second-order valence-corrected chi connectivity index (χ2v) is 6.06. The highest BCUT2D eigenvalue weighted by molar-refractivity contribution is 5.97. The van der Waals surface area contributed by atoms with Crippen molar-refractivity contribution in [3.8, 4) is 5.75 Å². The van der Waals surface area contributed by atoms with Crippen molar-refractivity contribution in [1.29, 1.82) is 0 Å². The molecule has 0 spiro atoms. The van der Waals surface area contributed by atoms with Crippen molar-refractivity contribution in [3.63, 3.8) is 0 Å². The molecule has 0 saturated heterocycles. The minimum absolute atomic E-state index is 0.0728. The zero-order valence-electron chi connectivity index (χ0n) is 15.1. The maximum Gasteiger partial charge on any atom is 0.246 e. The third-order valence-electron chi connectivity index (χ3n) is 3.88. The summed E-state index contributed by atoms with van der Waals surface area (Å²) in [4.78, 5) is 12.6. The second kappa shape index (κ2) is 7.86. The number of amides is 1. The maximum absolute atomic E-state index is 12.6. The molecule has 0 aliphatic rings. The van der Waals surface area contributed by atoms with Crippen LogP contribution in [0.2, 0.25) is 0 Å². The van der Waals surface area contributed by atoms with E-state index in [0.717, 1.165) is 28.3 Å². The molecule has 2 N–H and O–H groups in total. The first kappa shape index (κ1) is 17.9. The lowest BCUT2D eigenvalue weighted by molar-refractivity contribution is -0.116. The van der Waals surface area contributed by atoms with Crippen molar-refractivity contribution >= 4 is 17.3 Å². The molecule has 2 aromatic rings. The van der Waals surface area contributed by atoms with Gasteiger partial charge in [0.1, 0.15) is 11.8 Å². The molecule has 0 radical (unpaired) electrons. The van der Waals surface area contributed by atoms with Crippen LogP contribution in [-0.4, -0.2) is 18.6 Å². The van der Waals surface area contributed by atoms with E-state index in [4.69, 9.17) is 4.74 Å². The van der Waals surface area contributed by atoms with Gasteiger partial charge in [-0.15, -0.1) is 0 Å². The van der Waals surface area contributed by atoms with E-state index in [2.05, 4.69) is 29.7 Å². The first-order valence-corrected chi connectivity index (χ1v) is 8.29. The minimum Gasteiger partial charge on any atom is -0.492 e. The van der Waals surface area contributed by atoms with E-state index in [0.29, 0.717) is 6.61 Å². The van der Waals surface area contributed by atoms with Crippen LogP contribution in [0.5, 0.6) is 5.75 Å².